The van der Waals surface area contributed by atoms with Crippen molar-refractivity contribution < 1.29 is 14.4 Å². The van der Waals surface area contributed by atoms with E-state index in [0.717, 1.165) is 35.3 Å². The Hall–Kier alpha value is -3.42. The fraction of sp³-hybridized carbons (Fsp3) is 0.391. The van der Waals surface area contributed by atoms with Gasteiger partial charge in [0.25, 0.3) is 0 Å². The van der Waals surface area contributed by atoms with Crippen molar-refractivity contribution in [2.75, 3.05) is 19.3 Å². The van der Waals surface area contributed by atoms with Gasteiger partial charge < -0.3 is 16.0 Å². The molecule has 2 aliphatic heterocycles. The smallest absolute Gasteiger partial charge is 0.328 e. The zero-order valence-electron chi connectivity index (χ0n) is 17.5. The average Bonchev–Trinajstić information content (AvgIpc) is 2.80. The fourth-order valence-electron chi connectivity index (χ4n) is 4.60. The summed E-state index contributed by atoms with van der Waals surface area (Å²) in [6.07, 6.45) is 4.63. The van der Waals surface area contributed by atoms with E-state index in [-0.39, 0.29) is 17.9 Å². The van der Waals surface area contributed by atoms with Crippen LogP contribution in [0.25, 0.3) is 0 Å². The second-order valence-electron chi connectivity index (χ2n) is 8.07. The molecule has 4 rings (SSSR count). The molecule has 0 spiro atoms. The lowest BCUT2D eigenvalue weighted by Crippen LogP contribution is -2.70. The zero-order chi connectivity index (χ0) is 22.0. The number of carbonyl (C=O) groups is 3. The fourth-order valence-corrected chi connectivity index (χ4v) is 4.60. The number of imide groups is 1. The molecule has 2 aliphatic rings. The molecule has 3 atom stereocenters. The first-order valence-corrected chi connectivity index (χ1v) is 10.6. The van der Waals surface area contributed by atoms with Gasteiger partial charge in [0, 0.05) is 19.8 Å². The van der Waals surface area contributed by atoms with Crippen molar-refractivity contribution in [3.05, 3.63) is 59.8 Å². The number of pyridine rings is 1. The SMILES string of the molecule is CNC(=O)[C@@H]1[C@@H](Cc2ccnc(N)c2)C(=O)N1C(=O)N1CCCCC1c1ccccc1. The number of hydrogen-bond acceptors (Lipinski definition) is 5. The topological polar surface area (TPSA) is 109 Å². The standard InChI is InChI=1S/C23H27N5O3/c1-25-21(29)20-17(13-15-10-11-26-19(24)14-15)22(30)28(20)23(31)27-12-6-5-9-18(27)16-7-3-2-4-8-16/h2-4,7-8,10-11,14,17-18,20H,5-6,9,12-13H2,1H3,(H2,24,26)(H,25,29)/t17-,18?,20+/m1/s1. The first-order valence-electron chi connectivity index (χ1n) is 10.6. The molecule has 162 valence electrons. The van der Waals surface area contributed by atoms with Crippen LogP contribution in [0.3, 0.4) is 0 Å². The number of nitrogen functional groups attached to an aromatic ring is 1. The van der Waals surface area contributed by atoms with Crippen LogP contribution < -0.4 is 11.1 Å². The number of likely N-dealkylation sites (tertiary alicyclic amines) is 2. The first kappa shape index (κ1) is 20.8. The van der Waals surface area contributed by atoms with E-state index in [9.17, 15) is 14.4 Å². The molecule has 0 bridgehead atoms. The van der Waals surface area contributed by atoms with Crippen LogP contribution in [0.15, 0.2) is 48.7 Å². The molecule has 0 aliphatic carbocycles. The van der Waals surface area contributed by atoms with Gasteiger partial charge >= 0.3 is 6.03 Å². The minimum Gasteiger partial charge on any atom is -0.384 e. The number of benzene rings is 1. The molecule has 8 heteroatoms. The average molecular weight is 422 g/mol. The first-order chi connectivity index (χ1) is 15.0. The highest BCUT2D eigenvalue weighted by atomic mass is 16.2. The Labute approximate surface area is 181 Å². The van der Waals surface area contributed by atoms with Crippen LogP contribution in [0, 0.1) is 5.92 Å². The molecule has 0 radical (unpaired) electrons. The lowest BCUT2D eigenvalue weighted by molar-refractivity contribution is -0.158. The summed E-state index contributed by atoms with van der Waals surface area (Å²) in [5, 5.41) is 2.60. The van der Waals surface area contributed by atoms with Crippen LogP contribution >= 0.6 is 0 Å². The van der Waals surface area contributed by atoms with Gasteiger partial charge in [0.2, 0.25) is 11.8 Å². The maximum absolute atomic E-state index is 13.5. The number of nitrogens with one attached hydrogen (secondary N) is 1. The maximum atomic E-state index is 13.5. The van der Waals surface area contributed by atoms with E-state index in [1.54, 1.807) is 23.2 Å². The predicted octanol–water partition coefficient (Wildman–Crippen LogP) is 2.13. The summed E-state index contributed by atoms with van der Waals surface area (Å²) in [6.45, 7) is 0.564. The van der Waals surface area contributed by atoms with Gasteiger partial charge in [-0.25, -0.2) is 9.78 Å². The molecule has 4 amide bonds. The van der Waals surface area contributed by atoms with Crippen molar-refractivity contribution in [1.29, 1.82) is 0 Å². The monoisotopic (exact) mass is 421 g/mol. The number of aromatic nitrogens is 1. The van der Waals surface area contributed by atoms with Crippen molar-refractivity contribution in [2.24, 2.45) is 5.92 Å². The van der Waals surface area contributed by atoms with Gasteiger partial charge in [0.05, 0.1) is 12.0 Å². The van der Waals surface area contributed by atoms with E-state index in [0.29, 0.717) is 18.8 Å². The number of urea groups is 1. The van der Waals surface area contributed by atoms with Crippen molar-refractivity contribution >= 4 is 23.7 Å². The molecule has 1 aromatic carbocycles. The molecule has 0 saturated carbocycles. The Morgan fingerprint density at radius 2 is 1.97 bits per heavy atom. The van der Waals surface area contributed by atoms with Gasteiger partial charge in [-0.05, 0) is 48.9 Å². The summed E-state index contributed by atoms with van der Waals surface area (Å²) in [4.78, 5) is 46.0. The summed E-state index contributed by atoms with van der Waals surface area (Å²) in [5.74, 6) is -0.919. The second kappa shape index (κ2) is 8.75. The number of carbonyl (C=O) groups excluding carboxylic acids is 3. The molecule has 1 aromatic heterocycles. The maximum Gasteiger partial charge on any atom is 0.328 e. The molecule has 8 nitrogen and oxygen atoms in total. The third-order valence-electron chi connectivity index (χ3n) is 6.17. The van der Waals surface area contributed by atoms with Gasteiger partial charge in [-0.1, -0.05) is 30.3 Å². The van der Waals surface area contributed by atoms with Crippen molar-refractivity contribution in [3.63, 3.8) is 0 Å². The molecule has 2 saturated heterocycles. The van der Waals surface area contributed by atoms with Crippen LogP contribution in [0.4, 0.5) is 10.6 Å². The summed E-state index contributed by atoms with van der Waals surface area (Å²) in [7, 11) is 1.52. The van der Waals surface area contributed by atoms with Crippen molar-refractivity contribution in [3.8, 4) is 0 Å². The van der Waals surface area contributed by atoms with Gasteiger partial charge in [-0.3, -0.25) is 14.5 Å². The Balaban J connectivity index is 1.57. The number of amides is 4. The van der Waals surface area contributed by atoms with E-state index in [1.807, 2.05) is 30.3 Å². The van der Waals surface area contributed by atoms with Gasteiger partial charge in [-0.15, -0.1) is 0 Å². The lowest BCUT2D eigenvalue weighted by atomic mass is 9.82. The van der Waals surface area contributed by atoms with Crippen LogP contribution in [0.1, 0.15) is 36.4 Å². The van der Waals surface area contributed by atoms with Crippen molar-refractivity contribution in [2.45, 2.75) is 37.8 Å². The van der Waals surface area contributed by atoms with Crippen LogP contribution in [-0.4, -0.2) is 52.3 Å². The van der Waals surface area contributed by atoms with Crippen LogP contribution in [-0.2, 0) is 16.0 Å². The molecule has 31 heavy (non-hydrogen) atoms. The quantitative estimate of drug-likeness (QED) is 0.735. The highest BCUT2D eigenvalue weighted by Gasteiger charge is 2.55. The number of nitrogens with two attached hydrogens (primary N) is 1. The van der Waals surface area contributed by atoms with Crippen molar-refractivity contribution in [1.82, 2.24) is 20.1 Å². The number of nitrogens with zero attached hydrogens (tertiary/aromatic N) is 3. The number of β-lactam (4-membered cyclic amide) rings is 1. The van der Waals surface area contributed by atoms with E-state index >= 15 is 0 Å². The van der Waals surface area contributed by atoms with E-state index in [1.165, 1.54) is 7.05 Å². The van der Waals surface area contributed by atoms with Gasteiger partial charge in [0.1, 0.15) is 11.9 Å². The molecule has 1 unspecified atom stereocenters. The third-order valence-corrected chi connectivity index (χ3v) is 6.17. The highest BCUT2D eigenvalue weighted by Crippen LogP contribution is 2.36. The number of rotatable bonds is 4. The predicted molar refractivity (Wildman–Crippen MR) is 116 cm³/mol. The van der Waals surface area contributed by atoms with Crippen LogP contribution in [0.5, 0.6) is 0 Å². The molecule has 3 heterocycles. The molecule has 3 N–H and O–H groups in total. The molecule has 2 aromatic rings. The summed E-state index contributed by atoms with van der Waals surface area (Å²) in [6, 6.07) is 12.0. The summed E-state index contributed by atoms with van der Waals surface area (Å²) in [5.41, 5.74) is 7.60. The number of likely N-dealkylation sites (N-methyl/N-ethyl adjacent to an activating group) is 1. The number of piperidine rings is 1. The van der Waals surface area contributed by atoms with Gasteiger partial charge in [-0.2, -0.15) is 0 Å². The normalized spacial score (nSPS) is 23.3. The largest absolute Gasteiger partial charge is 0.384 e. The van der Waals surface area contributed by atoms with E-state index < -0.39 is 18.0 Å². The Kier molecular flexibility index (Phi) is 5.88. The Morgan fingerprint density at radius 1 is 1.19 bits per heavy atom. The highest BCUT2D eigenvalue weighted by molar-refractivity contribution is 6.09. The molecular formula is C23H27N5O3. The minimum atomic E-state index is -0.835. The van der Waals surface area contributed by atoms with E-state index in [4.69, 9.17) is 5.73 Å². The molecular weight excluding hydrogens is 394 g/mol. The summed E-state index contributed by atoms with van der Waals surface area (Å²) >= 11 is 0. The molecule has 2 fully saturated rings. The van der Waals surface area contributed by atoms with Crippen LogP contribution in [0.2, 0.25) is 0 Å². The lowest BCUT2D eigenvalue weighted by Gasteiger charge is -2.48. The second-order valence-corrected chi connectivity index (χ2v) is 8.07. The zero-order valence-corrected chi connectivity index (χ0v) is 17.5. The summed E-state index contributed by atoms with van der Waals surface area (Å²) < 4.78 is 0. The Bertz CT molecular complexity index is 980. The third kappa shape index (κ3) is 3.97. The van der Waals surface area contributed by atoms with E-state index in [2.05, 4.69) is 10.3 Å². The minimum absolute atomic E-state index is 0.0976. The number of hydrogen-bond donors (Lipinski definition) is 2. The number of anilines is 1. The van der Waals surface area contributed by atoms with Gasteiger partial charge in [0.15, 0.2) is 0 Å². The Morgan fingerprint density at radius 3 is 2.68 bits per heavy atom.